The van der Waals surface area contributed by atoms with Gasteiger partial charge in [-0.05, 0) is 42.7 Å². The minimum absolute atomic E-state index is 0.0203. The van der Waals surface area contributed by atoms with Crippen molar-refractivity contribution in [2.75, 3.05) is 0 Å². The summed E-state index contributed by atoms with van der Waals surface area (Å²) >= 11 is 11.9. The number of aliphatic hydroxyl groups is 1. The van der Waals surface area contributed by atoms with E-state index in [1.165, 1.54) is 30.6 Å². The molecule has 0 bridgehead atoms. The van der Waals surface area contributed by atoms with Crippen molar-refractivity contribution in [3.63, 3.8) is 0 Å². The molecule has 0 aliphatic heterocycles. The molecule has 1 saturated carbocycles. The molecule has 162 valence electrons. The SMILES string of the molecule is O=C(NOC(c1ccc(Cl)c(Cl)c1)([C@@H]1CCCC[C@H]1O)C(F)(F)F)c1cccnc1. The van der Waals surface area contributed by atoms with Crippen molar-refractivity contribution in [2.45, 2.75) is 43.6 Å². The van der Waals surface area contributed by atoms with E-state index in [1.807, 2.05) is 5.48 Å². The van der Waals surface area contributed by atoms with Gasteiger partial charge in [-0.1, -0.05) is 42.1 Å². The Balaban J connectivity index is 2.07. The quantitative estimate of drug-likeness (QED) is 0.609. The minimum Gasteiger partial charge on any atom is -0.393 e. The minimum atomic E-state index is -4.99. The summed E-state index contributed by atoms with van der Waals surface area (Å²) in [5, 5.41) is 10.4. The van der Waals surface area contributed by atoms with Crippen LogP contribution in [0, 0.1) is 5.92 Å². The van der Waals surface area contributed by atoms with Crippen LogP contribution in [0.1, 0.15) is 41.6 Å². The largest absolute Gasteiger partial charge is 0.424 e. The second-order valence-electron chi connectivity index (χ2n) is 7.10. The molecule has 1 aliphatic carbocycles. The first kappa shape index (κ1) is 22.8. The van der Waals surface area contributed by atoms with Crippen LogP contribution in [-0.2, 0) is 10.4 Å². The number of halogens is 5. The van der Waals surface area contributed by atoms with Gasteiger partial charge in [-0.15, -0.1) is 0 Å². The molecule has 30 heavy (non-hydrogen) atoms. The first-order valence-corrected chi connectivity index (χ1v) is 10.0. The Labute approximate surface area is 181 Å². The molecule has 0 saturated heterocycles. The molecule has 3 atom stereocenters. The van der Waals surface area contributed by atoms with Crippen molar-refractivity contribution < 1.29 is 27.9 Å². The number of nitrogens with one attached hydrogen (secondary N) is 1. The number of carbonyl (C=O) groups is 1. The number of nitrogens with zero attached hydrogens (tertiary/aromatic N) is 1. The fourth-order valence-corrected chi connectivity index (χ4v) is 4.07. The summed E-state index contributed by atoms with van der Waals surface area (Å²) in [6.07, 6.45) is -2.36. The number of hydroxylamine groups is 1. The summed E-state index contributed by atoms with van der Waals surface area (Å²) in [6.45, 7) is 0. The van der Waals surface area contributed by atoms with Gasteiger partial charge in [0.1, 0.15) is 0 Å². The number of aromatic nitrogens is 1. The number of carbonyl (C=O) groups excluding carboxylic acids is 1. The molecule has 1 aromatic heterocycles. The summed E-state index contributed by atoms with van der Waals surface area (Å²) in [7, 11) is 0. The lowest BCUT2D eigenvalue weighted by Gasteiger charge is -2.45. The maximum Gasteiger partial charge on any atom is 0.424 e. The van der Waals surface area contributed by atoms with Crippen LogP contribution in [0.5, 0.6) is 0 Å². The molecular weight excluding hydrogens is 444 g/mol. The molecule has 2 N–H and O–H groups in total. The van der Waals surface area contributed by atoms with E-state index in [-0.39, 0.29) is 34.0 Å². The molecule has 0 spiro atoms. The highest BCUT2D eigenvalue weighted by molar-refractivity contribution is 6.42. The lowest BCUT2D eigenvalue weighted by molar-refractivity contribution is -0.330. The van der Waals surface area contributed by atoms with Crippen LogP contribution >= 0.6 is 23.2 Å². The van der Waals surface area contributed by atoms with Gasteiger partial charge >= 0.3 is 6.18 Å². The summed E-state index contributed by atoms with van der Waals surface area (Å²) in [6, 6.07) is 6.26. The van der Waals surface area contributed by atoms with Crippen molar-refractivity contribution in [3.8, 4) is 0 Å². The topological polar surface area (TPSA) is 71.5 Å². The fraction of sp³-hybridized carbons (Fsp3) is 0.400. The summed E-state index contributed by atoms with van der Waals surface area (Å²) in [5.41, 5.74) is -1.46. The van der Waals surface area contributed by atoms with Gasteiger partial charge in [-0.3, -0.25) is 14.6 Å². The van der Waals surface area contributed by atoms with Crippen LogP contribution in [0.4, 0.5) is 13.2 Å². The Kier molecular flexibility index (Phi) is 6.91. The van der Waals surface area contributed by atoms with E-state index in [0.29, 0.717) is 12.8 Å². The molecular formula is C20H19Cl2F3N2O3. The van der Waals surface area contributed by atoms with Gasteiger partial charge in [0.25, 0.3) is 5.91 Å². The van der Waals surface area contributed by atoms with Gasteiger partial charge in [0.15, 0.2) is 0 Å². The fourth-order valence-electron chi connectivity index (χ4n) is 3.78. The Morgan fingerprint density at radius 3 is 2.50 bits per heavy atom. The molecule has 10 heteroatoms. The Bertz CT molecular complexity index is 899. The van der Waals surface area contributed by atoms with Gasteiger partial charge in [0, 0.05) is 18.3 Å². The number of alkyl halides is 3. The van der Waals surface area contributed by atoms with Crippen molar-refractivity contribution in [2.24, 2.45) is 5.92 Å². The van der Waals surface area contributed by atoms with Gasteiger partial charge in [0.2, 0.25) is 5.60 Å². The van der Waals surface area contributed by atoms with Gasteiger partial charge in [-0.2, -0.15) is 13.2 Å². The van der Waals surface area contributed by atoms with Crippen molar-refractivity contribution >= 4 is 29.1 Å². The predicted octanol–water partition coefficient (Wildman–Crippen LogP) is 5.06. The van der Waals surface area contributed by atoms with Crippen molar-refractivity contribution in [1.29, 1.82) is 0 Å². The van der Waals surface area contributed by atoms with Crippen LogP contribution in [0.2, 0.25) is 10.0 Å². The third-order valence-electron chi connectivity index (χ3n) is 5.25. The molecule has 1 heterocycles. The van der Waals surface area contributed by atoms with E-state index in [1.54, 1.807) is 0 Å². The number of aliphatic hydroxyl groups excluding tert-OH is 1. The average molecular weight is 463 g/mol. The first-order valence-electron chi connectivity index (χ1n) is 9.25. The zero-order valence-electron chi connectivity index (χ0n) is 15.6. The predicted molar refractivity (Wildman–Crippen MR) is 105 cm³/mol. The Morgan fingerprint density at radius 1 is 1.17 bits per heavy atom. The molecule has 1 amide bonds. The van der Waals surface area contributed by atoms with E-state index in [0.717, 1.165) is 12.1 Å². The lowest BCUT2D eigenvalue weighted by atomic mass is 9.71. The number of benzene rings is 1. The van der Waals surface area contributed by atoms with Crippen LogP contribution < -0.4 is 5.48 Å². The second kappa shape index (κ2) is 9.09. The number of hydrogen-bond acceptors (Lipinski definition) is 4. The van der Waals surface area contributed by atoms with E-state index in [4.69, 9.17) is 28.0 Å². The van der Waals surface area contributed by atoms with E-state index < -0.39 is 29.7 Å². The van der Waals surface area contributed by atoms with Crippen LogP contribution in [0.25, 0.3) is 0 Å². The Hall–Kier alpha value is -1.87. The maximum atomic E-state index is 14.6. The molecule has 1 fully saturated rings. The van der Waals surface area contributed by atoms with Gasteiger partial charge in [0.05, 0.1) is 21.7 Å². The third-order valence-corrected chi connectivity index (χ3v) is 5.99. The molecule has 0 radical (unpaired) electrons. The highest BCUT2D eigenvalue weighted by atomic mass is 35.5. The molecule has 1 unspecified atom stereocenters. The highest BCUT2D eigenvalue weighted by Gasteiger charge is 2.64. The van der Waals surface area contributed by atoms with Gasteiger partial charge in [-0.25, -0.2) is 5.48 Å². The average Bonchev–Trinajstić information content (AvgIpc) is 2.71. The molecule has 5 nitrogen and oxygen atoms in total. The number of pyridine rings is 1. The first-order chi connectivity index (χ1) is 14.2. The van der Waals surface area contributed by atoms with Gasteiger partial charge < -0.3 is 5.11 Å². The molecule has 2 aromatic rings. The third kappa shape index (κ3) is 4.42. The zero-order valence-corrected chi connectivity index (χ0v) is 17.1. The van der Waals surface area contributed by atoms with E-state index in [2.05, 4.69) is 4.98 Å². The molecule has 1 aliphatic rings. The smallest absolute Gasteiger partial charge is 0.393 e. The molecule has 3 rings (SSSR count). The van der Waals surface area contributed by atoms with Crippen LogP contribution in [-0.4, -0.2) is 28.3 Å². The van der Waals surface area contributed by atoms with E-state index in [9.17, 15) is 23.1 Å². The summed E-state index contributed by atoms with van der Waals surface area (Å²) in [5.74, 6) is -2.26. The van der Waals surface area contributed by atoms with Crippen LogP contribution in [0.3, 0.4) is 0 Å². The second-order valence-corrected chi connectivity index (χ2v) is 7.91. The van der Waals surface area contributed by atoms with E-state index >= 15 is 0 Å². The van der Waals surface area contributed by atoms with Crippen LogP contribution in [0.15, 0.2) is 42.7 Å². The summed E-state index contributed by atoms with van der Waals surface area (Å²) < 4.78 is 43.9. The normalized spacial score (nSPS) is 21.7. The highest BCUT2D eigenvalue weighted by Crippen LogP contribution is 2.52. The zero-order chi connectivity index (χ0) is 21.9. The number of rotatable bonds is 5. The van der Waals surface area contributed by atoms with Crippen molar-refractivity contribution in [3.05, 3.63) is 63.9 Å². The maximum absolute atomic E-state index is 14.6. The van der Waals surface area contributed by atoms with Crippen molar-refractivity contribution in [1.82, 2.24) is 10.5 Å². The Morgan fingerprint density at radius 2 is 1.90 bits per heavy atom. The summed E-state index contributed by atoms with van der Waals surface area (Å²) in [4.78, 5) is 21.3. The number of hydrogen-bond donors (Lipinski definition) is 2. The number of amides is 1. The monoisotopic (exact) mass is 462 g/mol. The lowest BCUT2D eigenvalue weighted by Crippen LogP contribution is -2.57. The standard InChI is InChI=1S/C20H19Cl2F3N2O3/c21-15-8-7-13(10-16(15)22)19(20(23,24)25,14-5-1-2-6-17(14)28)30-27-18(29)12-4-3-9-26-11-12/h3-4,7-11,14,17,28H,1-2,5-6H2,(H,27,29)/t14-,17-,19?/m1/s1. The molecule has 1 aromatic carbocycles.